The van der Waals surface area contributed by atoms with Crippen LogP contribution in [-0.4, -0.2) is 30.6 Å². The molecular formula is C21H24N2O3. The van der Waals surface area contributed by atoms with Crippen LogP contribution in [0.2, 0.25) is 0 Å². The Labute approximate surface area is 154 Å². The van der Waals surface area contributed by atoms with Gasteiger partial charge in [-0.15, -0.1) is 0 Å². The summed E-state index contributed by atoms with van der Waals surface area (Å²) in [6.07, 6.45) is 1.94. The zero-order valence-corrected chi connectivity index (χ0v) is 15.4. The quantitative estimate of drug-likeness (QED) is 0.830. The van der Waals surface area contributed by atoms with E-state index in [9.17, 15) is 9.59 Å². The molecule has 1 aliphatic heterocycles. The van der Waals surface area contributed by atoms with Gasteiger partial charge in [0.1, 0.15) is 0 Å². The van der Waals surface area contributed by atoms with Gasteiger partial charge in [0.25, 0.3) is 0 Å². The molecule has 3 rings (SSSR count). The summed E-state index contributed by atoms with van der Waals surface area (Å²) in [6, 6.07) is 13.3. The first kappa shape index (κ1) is 18.0. The third-order valence-corrected chi connectivity index (χ3v) is 4.96. The number of esters is 1. The van der Waals surface area contributed by atoms with Crippen LogP contribution in [0, 0.1) is 13.8 Å². The number of benzene rings is 2. The van der Waals surface area contributed by atoms with E-state index in [2.05, 4.69) is 24.4 Å². The van der Waals surface area contributed by atoms with Gasteiger partial charge in [-0.05, 0) is 55.5 Å². The molecule has 1 unspecified atom stereocenters. The molecule has 0 spiro atoms. The molecule has 2 aromatic rings. The highest BCUT2D eigenvalue weighted by Gasteiger charge is 2.31. The second kappa shape index (κ2) is 7.60. The number of urea groups is 1. The summed E-state index contributed by atoms with van der Waals surface area (Å²) in [5.74, 6) is -0.417. The van der Waals surface area contributed by atoms with Crippen LogP contribution in [0.25, 0.3) is 0 Å². The molecule has 1 aliphatic rings. The van der Waals surface area contributed by atoms with Gasteiger partial charge in [0.2, 0.25) is 0 Å². The van der Waals surface area contributed by atoms with Crippen LogP contribution in [0.4, 0.5) is 10.5 Å². The minimum absolute atomic E-state index is 0.0836. The Morgan fingerprint density at radius 1 is 1.12 bits per heavy atom. The molecule has 0 aliphatic carbocycles. The van der Waals surface area contributed by atoms with Crippen molar-refractivity contribution in [1.29, 1.82) is 0 Å². The number of hydrogen-bond acceptors (Lipinski definition) is 3. The van der Waals surface area contributed by atoms with Crippen molar-refractivity contribution >= 4 is 17.7 Å². The van der Waals surface area contributed by atoms with E-state index in [0.717, 1.165) is 24.9 Å². The van der Waals surface area contributed by atoms with Gasteiger partial charge in [0.05, 0.1) is 18.7 Å². The van der Waals surface area contributed by atoms with Gasteiger partial charge in [-0.1, -0.05) is 30.3 Å². The van der Waals surface area contributed by atoms with Crippen molar-refractivity contribution in [2.24, 2.45) is 0 Å². The van der Waals surface area contributed by atoms with Gasteiger partial charge < -0.3 is 15.0 Å². The Morgan fingerprint density at radius 3 is 2.62 bits per heavy atom. The van der Waals surface area contributed by atoms with E-state index in [-0.39, 0.29) is 12.1 Å². The molecule has 1 fully saturated rings. The molecule has 1 atom stereocenters. The molecule has 1 saturated heterocycles. The lowest BCUT2D eigenvalue weighted by Gasteiger charge is -2.27. The van der Waals surface area contributed by atoms with Gasteiger partial charge in [-0.25, -0.2) is 9.59 Å². The van der Waals surface area contributed by atoms with E-state index in [1.54, 1.807) is 12.1 Å². The number of amides is 2. The number of nitrogens with one attached hydrogen (secondary N) is 1. The Kier molecular flexibility index (Phi) is 5.26. The molecule has 2 amide bonds. The molecule has 0 bridgehead atoms. The van der Waals surface area contributed by atoms with Crippen LogP contribution in [0.3, 0.4) is 0 Å². The van der Waals surface area contributed by atoms with Crippen LogP contribution in [0.5, 0.6) is 0 Å². The maximum Gasteiger partial charge on any atom is 0.337 e. The largest absolute Gasteiger partial charge is 0.465 e. The Hall–Kier alpha value is -2.82. The topological polar surface area (TPSA) is 58.6 Å². The third kappa shape index (κ3) is 3.57. The minimum atomic E-state index is -0.417. The smallest absolute Gasteiger partial charge is 0.337 e. The second-order valence-corrected chi connectivity index (χ2v) is 6.66. The molecule has 0 aromatic heterocycles. The first-order valence-corrected chi connectivity index (χ1v) is 8.83. The highest BCUT2D eigenvalue weighted by Crippen LogP contribution is 2.34. The summed E-state index contributed by atoms with van der Waals surface area (Å²) < 4.78 is 4.76. The van der Waals surface area contributed by atoms with E-state index >= 15 is 0 Å². The number of hydrogen-bond donors (Lipinski definition) is 1. The first-order valence-electron chi connectivity index (χ1n) is 8.83. The van der Waals surface area contributed by atoms with Crippen molar-refractivity contribution in [3.05, 3.63) is 64.7 Å². The lowest BCUT2D eigenvalue weighted by molar-refractivity contribution is 0.0600. The number of likely N-dealkylation sites (tertiary alicyclic amines) is 1. The summed E-state index contributed by atoms with van der Waals surface area (Å²) in [4.78, 5) is 26.5. The number of carbonyl (C=O) groups excluding carboxylic acids is 2. The number of nitrogens with zero attached hydrogens (tertiary/aromatic N) is 1. The number of methoxy groups -OCH3 is 1. The molecule has 136 valence electrons. The number of carbonyl (C=O) groups is 2. The Balaban J connectivity index is 1.81. The van der Waals surface area contributed by atoms with Crippen molar-refractivity contribution in [2.75, 3.05) is 19.0 Å². The van der Waals surface area contributed by atoms with E-state index in [4.69, 9.17) is 4.74 Å². The third-order valence-electron chi connectivity index (χ3n) is 4.96. The van der Waals surface area contributed by atoms with E-state index in [1.165, 1.54) is 18.2 Å². The summed E-state index contributed by atoms with van der Waals surface area (Å²) in [6.45, 7) is 4.70. The fourth-order valence-corrected chi connectivity index (χ4v) is 3.48. The molecular weight excluding hydrogens is 328 g/mol. The summed E-state index contributed by atoms with van der Waals surface area (Å²) in [5.41, 5.74) is 4.34. The number of ether oxygens (including phenoxy) is 1. The fraction of sp³-hybridized carbons (Fsp3) is 0.333. The van der Waals surface area contributed by atoms with Crippen LogP contribution in [-0.2, 0) is 4.74 Å². The zero-order chi connectivity index (χ0) is 18.7. The summed E-state index contributed by atoms with van der Waals surface area (Å²) >= 11 is 0. The predicted molar refractivity (Wildman–Crippen MR) is 101 cm³/mol. The maximum absolute atomic E-state index is 12.9. The van der Waals surface area contributed by atoms with E-state index in [1.807, 2.05) is 30.0 Å². The van der Waals surface area contributed by atoms with Gasteiger partial charge in [0, 0.05) is 12.2 Å². The average molecular weight is 352 g/mol. The van der Waals surface area contributed by atoms with Crippen molar-refractivity contribution in [3.8, 4) is 0 Å². The molecule has 5 heteroatoms. The van der Waals surface area contributed by atoms with Gasteiger partial charge in [-0.2, -0.15) is 0 Å². The molecule has 1 N–H and O–H groups in total. The Bertz CT molecular complexity index is 832. The molecule has 2 aromatic carbocycles. The van der Waals surface area contributed by atoms with Gasteiger partial charge in [-0.3, -0.25) is 0 Å². The molecule has 5 nitrogen and oxygen atoms in total. The number of rotatable bonds is 3. The molecule has 1 heterocycles. The normalized spacial score (nSPS) is 16.4. The van der Waals surface area contributed by atoms with Gasteiger partial charge in [0.15, 0.2) is 0 Å². The summed E-state index contributed by atoms with van der Waals surface area (Å²) in [5, 5.41) is 2.97. The monoisotopic (exact) mass is 352 g/mol. The lowest BCUT2D eigenvalue weighted by Crippen LogP contribution is -2.35. The van der Waals surface area contributed by atoms with Gasteiger partial charge >= 0.3 is 12.0 Å². The van der Waals surface area contributed by atoms with Crippen LogP contribution >= 0.6 is 0 Å². The average Bonchev–Trinajstić information content (AvgIpc) is 3.13. The number of aryl methyl sites for hydroxylation is 2. The van der Waals surface area contributed by atoms with E-state index < -0.39 is 5.97 Å². The molecule has 0 radical (unpaired) electrons. The van der Waals surface area contributed by atoms with Crippen LogP contribution in [0.1, 0.15) is 45.9 Å². The van der Waals surface area contributed by atoms with Crippen molar-refractivity contribution < 1.29 is 14.3 Å². The molecule has 0 saturated carbocycles. The van der Waals surface area contributed by atoms with Crippen molar-refractivity contribution in [2.45, 2.75) is 32.7 Å². The number of anilines is 1. The van der Waals surface area contributed by atoms with Crippen molar-refractivity contribution in [3.63, 3.8) is 0 Å². The SMILES string of the molecule is COC(=O)c1ccc(C)c(NC(=O)N2CCCC2c2ccccc2C)c1. The van der Waals surface area contributed by atoms with Crippen LogP contribution in [0.15, 0.2) is 42.5 Å². The Morgan fingerprint density at radius 2 is 1.88 bits per heavy atom. The highest BCUT2D eigenvalue weighted by atomic mass is 16.5. The van der Waals surface area contributed by atoms with Crippen LogP contribution < -0.4 is 5.32 Å². The fourth-order valence-electron chi connectivity index (χ4n) is 3.48. The maximum atomic E-state index is 12.9. The highest BCUT2D eigenvalue weighted by molar-refractivity contribution is 5.95. The second-order valence-electron chi connectivity index (χ2n) is 6.66. The minimum Gasteiger partial charge on any atom is -0.465 e. The first-order chi connectivity index (χ1) is 12.5. The zero-order valence-electron chi connectivity index (χ0n) is 15.4. The lowest BCUT2D eigenvalue weighted by atomic mass is 9.99. The van der Waals surface area contributed by atoms with Crippen molar-refractivity contribution in [1.82, 2.24) is 4.90 Å². The van der Waals surface area contributed by atoms with E-state index in [0.29, 0.717) is 11.3 Å². The molecule has 26 heavy (non-hydrogen) atoms. The standard InChI is InChI=1S/C21H24N2O3/c1-14-7-4-5-8-17(14)19-9-6-12-23(19)21(25)22-18-13-16(20(24)26-3)11-10-15(18)2/h4-5,7-8,10-11,13,19H,6,9,12H2,1-3H3,(H,22,25). The predicted octanol–water partition coefficient (Wildman–Crippen LogP) is 4.46. The summed E-state index contributed by atoms with van der Waals surface area (Å²) in [7, 11) is 1.34.